The third-order valence-electron chi connectivity index (χ3n) is 3.56. The number of amides is 1. The summed E-state index contributed by atoms with van der Waals surface area (Å²) in [5.74, 6) is 0.835. The third-order valence-corrected chi connectivity index (χ3v) is 3.56. The maximum Gasteiger partial charge on any atom is 0.275 e. The molecule has 138 valence electrons. The molecule has 0 saturated heterocycles. The fraction of sp³-hybridized carbons (Fsp3) is 0.200. The van der Waals surface area contributed by atoms with Gasteiger partial charge < -0.3 is 15.4 Å². The number of carbonyl (C=O) groups excluding carboxylic acids is 1. The molecule has 3 rings (SSSR count). The summed E-state index contributed by atoms with van der Waals surface area (Å²) < 4.78 is 5.71. The van der Waals surface area contributed by atoms with Gasteiger partial charge >= 0.3 is 0 Å². The van der Waals surface area contributed by atoms with Crippen LogP contribution in [-0.4, -0.2) is 27.0 Å². The second-order valence-electron chi connectivity index (χ2n) is 6.08. The minimum atomic E-state index is -0.349. The zero-order valence-corrected chi connectivity index (χ0v) is 15.2. The van der Waals surface area contributed by atoms with Crippen LogP contribution in [0.15, 0.2) is 61.1 Å². The van der Waals surface area contributed by atoms with Gasteiger partial charge in [-0.25, -0.2) is 9.97 Å². The molecule has 0 aliphatic carbocycles. The number of rotatable bonds is 7. The summed E-state index contributed by atoms with van der Waals surface area (Å²) in [5, 5.41) is 5.93. The van der Waals surface area contributed by atoms with Crippen molar-refractivity contribution < 1.29 is 9.53 Å². The van der Waals surface area contributed by atoms with Gasteiger partial charge in [-0.2, -0.15) is 0 Å². The van der Waals surface area contributed by atoms with Crippen molar-refractivity contribution in [3.63, 3.8) is 0 Å². The molecule has 0 atom stereocenters. The van der Waals surface area contributed by atoms with Gasteiger partial charge in [0.15, 0.2) is 0 Å². The highest BCUT2D eigenvalue weighted by Crippen LogP contribution is 2.25. The molecule has 3 aromatic rings. The van der Waals surface area contributed by atoms with E-state index in [-0.39, 0.29) is 17.7 Å². The summed E-state index contributed by atoms with van der Waals surface area (Å²) in [6.45, 7) is 4.39. The second-order valence-corrected chi connectivity index (χ2v) is 6.08. The van der Waals surface area contributed by atoms with E-state index in [9.17, 15) is 4.79 Å². The van der Waals surface area contributed by atoms with E-state index in [2.05, 4.69) is 25.6 Å². The van der Waals surface area contributed by atoms with Crippen LogP contribution < -0.4 is 15.4 Å². The Balaban J connectivity index is 1.62. The van der Waals surface area contributed by atoms with Crippen molar-refractivity contribution in [1.82, 2.24) is 15.0 Å². The predicted octanol–water partition coefficient (Wildman–Crippen LogP) is 3.52. The number of hydrogen-bond donors (Lipinski definition) is 2. The Labute approximate surface area is 157 Å². The average Bonchev–Trinajstić information content (AvgIpc) is 2.69. The van der Waals surface area contributed by atoms with Crippen LogP contribution in [0.4, 0.5) is 11.5 Å². The molecule has 1 amide bonds. The molecule has 0 bridgehead atoms. The van der Waals surface area contributed by atoms with Crippen LogP contribution in [0.25, 0.3) is 0 Å². The van der Waals surface area contributed by atoms with Crippen molar-refractivity contribution in [3.8, 4) is 5.75 Å². The Morgan fingerprint density at radius 3 is 2.56 bits per heavy atom. The number of hydrogen-bond acceptors (Lipinski definition) is 6. The Kier molecular flexibility index (Phi) is 5.94. The quantitative estimate of drug-likeness (QED) is 0.668. The highest BCUT2D eigenvalue weighted by atomic mass is 16.5. The lowest BCUT2D eigenvalue weighted by atomic mass is 10.2. The van der Waals surface area contributed by atoms with Crippen LogP contribution in [0.2, 0.25) is 0 Å². The Bertz CT molecular complexity index is 882. The van der Waals surface area contributed by atoms with E-state index in [0.29, 0.717) is 23.8 Å². The van der Waals surface area contributed by atoms with Gasteiger partial charge in [-0.3, -0.25) is 9.78 Å². The van der Waals surface area contributed by atoms with Crippen LogP contribution in [0, 0.1) is 0 Å². The maximum absolute atomic E-state index is 12.4. The summed E-state index contributed by atoms with van der Waals surface area (Å²) in [6, 6.07) is 13.0. The Morgan fingerprint density at radius 1 is 1.04 bits per heavy atom. The van der Waals surface area contributed by atoms with Gasteiger partial charge in [0.05, 0.1) is 36.4 Å². The second kappa shape index (κ2) is 8.75. The van der Waals surface area contributed by atoms with Crippen LogP contribution in [-0.2, 0) is 6.54 Å². The zero-order chi connectivity index (χ0) is 19.1. The van der Waals surface area contributed by atoms with E-state index < -0.39 is 0 Å². The van der Waals surface area contributed by atoms with E-state index in [4.69, 9.17) is 4.74 Å². The van der Waals surface area contributed by atoms with Crippen LogP contribution in [0.1, 0.15) is 30.0 Å². The summed E-state index contributed by atoms with van der Waals surface area (Å²) >= 11 is 0. The largest absolute Gasteiger partial charge is 0.489 e. The summed E-state index contributed by atoms with van der Waals surface area (Å²) in [5.41, 5.74) is 1.70. The number of carbonyl (C=O) groups is 1. The van der Waals surface area contributed by atoms with E-state index in [1.165, 1.54) is 12.4 Å². The molecule has 2 aromatic heterocycles. The fourth-order valence-electron chi connectivity index (χ4n) is 2.33. The zero-order valence-electron chi connectivity index (χ0n) is 15.2. The third kappa shape index (κ3) is 5.24. The summed E-state index contributed by atoms with van der Waals surface area (Å²) in [6.07, 6.45) is 4.69. The topological polar surface area (TPSA) is 89.0 Å². The number of nitrogens with one attached hydrogen (secondary N) is 2. The number of ether oxygens (including phenoxy) is 1. The van der Waals surface area contributed by atoms with Crippen molar-refractivity contribution in [2.75, 3.05) is 10.6 Å². The molecule has 1 aromatic carbocycles. The lowest BCUT2D eigenvalue weighted by Gasteiger charge is -2.14. The van der Waals surface area contributed by atoms with E-state index >= 15 is 0 Å². The summed E-state index contributed by atoms with van der Waals surface area (Å²) in [4.78, 5) is 25.1. The van der Waals surface area contributed by atoms with E-state index in [1.54, 1.807) is 12.3 Å². The van der Waals surface area contributed by atoms with Gasteiger partial charge in [0, 0.05) is 6.20 Å². The maximum atomic E-state index is 12.4. The predicted molar refractivity (Wildman–Crippen MR) is 104 cm³/mol. The number of aromatic nitrogens is 3. The molecular formula is C20H21N5O2. The molecule has 0 fully saturated rings. The minimum absolute atomic E-state index is 0.00676. The van der Waals surface area contributed by atoms with Crippen molar-refractivity contribution in [3.05, 3.63) is 72.4 Å². The first-order valence-corrected chi connectivity index (χ1v) is 8.64. The average molecular weight is 363 g/mol. The minimum Gasteiger partial charge on any atom is -0.489 e. The molecule has 0 aliphatic heterocycles. The Hall–Kier alpha value is -3.48. The molecule has 0 unspecified atom stereocenters. The highest BCUT2D eigenvalue weighted by molar-refractivity contribution is 6.03. The molecule has 7 heteroatoms. The normalized spacial score (nSPS) is 10.5. The van der Waals surface area contributed by atoms with Gasteiger partial charge in [-0.15, -0.1) is 0 Å². The van der Waals surface area contributed by atoms with Crippen LogP contribution >= 0.6 is 0 Å². The number of nitrogens with zero attached hydrogens (tertiary/aromatic N) is 3. The van der Waals surface area contributed by atoms with Gasteiger partial charge in [0.25, 0.3) is 5.91 Å². The van der Waals surface area contributed by atoms with E-state index in [1.807, 2.05) is 50.2 Å². The smallest absolute Gasteiger partial charge is 0.275 e. The lowest BCUT2D eigenvalue weighted by molar-refractivity contribution is 0.102. The molecule has 27 heavy (non-hydrogen) atoms. The molecule has 7 nitrogen and oxygen atoms in total. The molecule has 0 radical (unpaired) electrons. The number of benzene rings is 1. The standard InChI is InChI=1S/C20H21N5O2/c1-14(2)27-18-9-4-3-8-16(18)25-20(26)17-12-24-19(13-22-17)23-11-15-7-5-6-10-21-15/h3-10,12-14H,11H2,1-2H3,(H,23,24)(H,25,26). The number of para-hydroxylation sites is 2. The molecule has 2 N–H and O–H groups in total. The SMILES string of the molecule is CC(C)Oc1ccccc1NC(=O)c1cnc(NCc2ccccn2)cn1. The summed E-state index contributed by atoms with van der Waals surface area (Å²) in [7, 11) is 0. The number of anilines is 2. The van der Waals surface area contributed by atoms with Gasteiger partial charge in [-0.1, -0.05) is 18.2 Å². The van der Waals surface area contributed by atoms with Crippen molar-refractivity contribution in [2.45, 2.75) is 26.5 Å². The van der Waals surface area contributed by atoms with E-state index in [0.717, 1.165) is 5.69 Å². The first kappa shape index (κ1) is 18.3. The molecular weight excluding hydrogens is 342 g/mol. The van der Waals surface area contributed by atoms with Gasteiger partial charge in [0.1, 0.15) is 17.3 Å². The molecule has 0 spiro atoms. The lowest BCUT2D eigenvalue weighted by Crippen LogP contribution is -2.16. The van der Waals surface area contributed by atoms with Gasteiger partial charge in [0.2, 0.25) is 0 Å². The first-order valence-electron chi connectivity index (χ1n) is 8.64. The number of pyridine rings is 1. The molecule has 0 aliphatic rings. The fourth-order valence-corrected chi connectivity index (χ4v) is 2.33. The first-order chi connectivity index (χ1) is 13.1. The van der Waals surface area contributed by atoms with Gasteiger partial charge in [-0.05, 0) is 38.1 Å². The highest BCUT2D eigenvalue weighted by Gasteiger charge is 2.12. The van der Waals surface area contributed by atoms with Crippen molar-refractivity contribution in [1.29, 1.82) is 0 Å². The monoisotopic (exact) mass is 363 g/mol. The molecule has 2 heterocycles. The van der Waals surface area contributed by atoms with Crippen molar-refractivity contribution >= 4 is 17.4 Å². The van der Waals surface area contributed by atoms with Crippen molar-refractivity contribution in [2.24, 2.45) is 0 Å². The van der Waals surface area contributed by atoms with Crippen LogP contribution in [0.3, 0.4) is 0 Å². The Morgan fingerprint density at radius 2 is 1.85 bits per heavy atom. The van der Waals surface area contributed by atoms with Crippen LogP contribution in [0.5, 0.6) is 5.75 Å². The molecule has 0 saturated carbocycles.